The van der Waals surface area contributed by atoms with Crippen molar-refractivity contribution in [3.05, 3.63) is 24.2 Å². The molecule has 3 nitrogen and oxygen atoms in total. The van der Waals surface area contributed by atoms with Gasteiger partial charge in [0.1, 0.15) is 6.10 Å². The molecule has 0 aliphatic heterocycles. The van der Waals surface area contributed by atoms with E-state index in [1.807, 2.05) is 0 Å². The van der Waals surface area contributed by atoms with Crippen molar-refractivity contribution in [2.75, 3.05) is 0 Å². The highest BCUT2D eigenvalue weighted by Crippen LogP contribution is 2.48. The van der Waals surface area contributed by atoms with E-state index in [4.69, 9.17) is 4.42 Å². The minimum absolute atomic E-state index is 0.560. The largest absolute Gasteiger partial charge is 0.472 e. The summed E-state index contributed by atoms with van der Waals surface area (Å²) in [6.07, 6.45) is 7.24. The molecule has 0 amide bonds. The van der Waals surface area contributed by atoms with E-state index < -0.39 is 11.5 Å². The van der Waals surface area contributed by atoms with Crippen molar-refractivity contribution >= 4 is 0 Å². The van der Waals surface area contributed by atoms with Crippen molar-refractivity contribution in [3.8, 4) is 6.07 Å². The van der Waals surface area contributed by atoms with Crippen LogP contribution in [0.1, 0.15) is 50.7 Å². The lowest BCUT2D eigenvalue weighted by molar-refractivity contribution is 0.0181. The van der Waals surface area contributed by atoms with Crippen molar-refractivity contribution < 1.29 is 9.52 Å². The molecule has 1 saturated carbocycles. The summed E-state index contributed by atoms with van der Waals surface area (Å²) >= 11 is 0. The van der Waals surface area contributed by atoms with Crippen LogP contribution < -0.4 is 0 Å². The Kier molecular flexibility index (Phi) is 3.54. The molecule has 1 fully saturated rings. The Balaban J connectivity index is 2.22. The molecule has 0 bridgehead atoms. The van der Waals surface area contributed by atoms with Crippen molar-refractivity contribution in [1.29, 1.82) is 5.26 Å². The Hall–Kier alpha value is -1.27. The second-order valence-electron chi connectivity index (χ2n) is 5.10. The number of nitrogens with zero attached hydrogens (tertiary/aromatic N) is 1. The molecule has 3 unspecified atom stereocenters. The predicted octanol–water partition coefficient (Wildman–Crippen LogP) is 3.42. The molecule has 3 atom stereocenters. The van der Waals surface area contributed by atoms with Crippen molar-refractivity contribution in [3.63, 3.8) is 0 Å². The number of furan rings is 1. The molecular weight excluding hydrogens is 214 g/mol. The average Bonchev–Trinajstić information content (AvgIpc) is 2.91. The van der Waals surface area contributed by atoms with Crippen LogP contribution in [0.25, 0.3) is 0 Å². The van der Waals surface area contributed by atoms with Crippen LogP contribution in [-0.2, 0) is 0 Å². The smallest absolute Gasteiger partial charge is 0.101 e. The number of aliphatic hydroxyl groups is 1. The minimum atomic E-state index is -0.722. The second kappa shape index (κ2) is 4.93. The first-order valence-electron chi connectivity index (χ1n) is 6.33. The monoisotopic (exact) mass is 233 g/mol. The molecule has 92 valence electrons. The van der Waals surface area contributed by atoms with Gasteiger partial charge in [-0.25, -0.2) is 0 Å². The highest BCUT2D eigenvalue weighted by atomic mass is 16.3. The van der Waals surface area contributed by atoms with Gasteiger partial charge in [0, 0.05) is 5.56 Å². The minimum Gasteiger partial charge on any atom is -0.472 e. The molecule has 17 heavy (non-hydrogen) atoms. The van der Waals surface area contributed by atoms with Crippen LogP contribution in [-0.4, -0.2) is 5.11 Å². The van der Waals surface area contributed by atoms with E-state index in [1.54, 1.807) is 18.6 Å². The molecule has 0 aromatic carbocycles. The molecular formula is C14H19NO2. The summed E-state index contributed by atoms with van der Waals surface area (Å²) < 4.78 is 5.00. The summed E-state index contributed by atoms with van der Waals surface area (Å²) in [5, 5.41) is 19.9. The third-order valence-electron chi connectivity index (χ3n) is 4.07. The van der Waals surface area contributed by atoms with Gasteiger partial charge in [-0.1, -0.05) is 26.2 Å². The van der Waals surface area contributed by atoms with E-state index >= 15 is 0 Å². The molecule has 1 N–H and O–H groups in total. The highest BCUT2D eigenvalue weighted by molar-refractivity contribution is 5.19. The number of aliphatic hydroxyl groups excluding tert-OH is 1. The number of hydrogen-bond donors (Lipinski definition) is 1. The third kappa shape index (κ3) is 2.23. The molecule has 0 spiro atoms. The molecule has 1 aliphatic carbocycles. The highest BCUT2D eigenvalue weighted by Gasteiger charge is 2.43. The van der Waals surface area contributed by atoms with Gasteiger partial charge in [-0.15, -0.1) is 0 Å². The van der Waals surface area contributed by atoms with Crippen LogP contribution in [0, 0.1) is 22.7 Å². The van der Waals surface area contributed by atoms with Crippen molar-refractivity contribution in [2.24, 2.45) is 11.3 Å². The van der Waals surface area contributed by atoms with Gasteiger partial charge in [-0.3, -0.25) is 0 Å². The van der Waals surface area contributed by atoms with Gasteiger partial charge in [0.15, 0.2) is 0 Å². The topological polar surface area (TPSA) is 57.2 Å². The molecule has 3 heteroatoms. The fourth-order valence-electron chi connectivity index (χ4n) is 2.93. The Bertz CT molecular complexity index is 393. The number of nitriles is 1. The van der Waals surface area contributed by atoms with Gasteiger partial charge in [0.05, 0.1) is 24.0 Å². The first-order valence-corrected chi connectivity index (χ1v) is 6.33. The van der Waals surface area contributed by atoms with Crippen LogP contribution in [0.2, 0.25) is 0 Å². The van der Waals surface area contributed by atoms with Gasteiger partial charge in [-0.05, 0) is 24.8 Å². The van der Waals surface area contributed by atoms with Crippen LogP contribution in [0.3, 0.4) is 0 Å². The molecule has 1 heterocycles. The third-order valence-corrected chi connectivity index (χ3v) is 4.07. The fourth-order valence-corrected chi connectivity index (χ4v) is 2.93. The maximum atomic E-state index is 10.4. The van der Waals surface area contributed by atoms with E-state index in [1.165, 1.54) is 6.42 Å². The van der Waals surface area contributed by atoms with Gasteiger partial charge >= 0.3 is 0 Å². The lowest BCUT2D eigenvalue weighted by atomic mass is 9.65. The lowest BCUT2D eigenvalue weighted by Gasteiger charge is -2.38. The summed E-state index contributed by atoms with van der Waals surface area (Å²) in [6, 6.07) is 4.13. The maximum Gasteiger partial charge on any atom is 0.101 e. The molecule has 0 saturated heterocycles. The molecule has 2 rings (SSSR count). The van der Waals surface area contributed by atoms with E-state index in [0.717, 1.165) is 31.2 Å². The standard InChI is InChI=1S/C14H19NO2/c1-2-11-4-3-6-14(8-11,10-15)13(16)12-5-7-17-9-12/h5,7,9,11,13,16H,2-4,6,8H2,1H3. The predicted molar refractivity (Wildman–Crippen MR) is 64.0 cm³/mol. The van der Waals surface area contributed by atoms with Crippen LogP contribution in [0.5, 0.6) is 0 Å². The fraction of sp³-hybridized carbons (Fsp3) is 0.643. The Labute approximate surface area is 102 Å². The van der Waals surface area contributed by atoms with Crippen molar-refractivity contribution in [2.45, 2.75) is 45.1 Å². The van der Waals surface area contributed by atoms with E-state index in [0.29, 0.717) is 5.92 Å². The van der Waals surface area contributed by atoms with Gasteiger partial charge in [0.25, 0.3) is 0 Å². The average molecular weight is 233 g/mol. The molecule has 1 aromatic rings. The first-order chi connectivity index (χ1) is 8.22. The Morgan fingerprint density at radius 1 is 1.71 bits per heavy atom. The maximum absolute atomic E-state index is 10.4. The number of hydrogen-bond acceptors (Lipinski definition) is 3. The van der Waals surface area contributed by atoms with Crippen LogP contribution >= 0.6 is 0 Å². The number of rotatable bonds is 3. The SMILES string of the molecule is CCC1CCCC(C#N)(C(O)c2ccoc2)C1. The lowest BCUT2D eigenvalue weighted by Crippen LogP contribution is -2.33. The van der Waals surface area contributed by atoms with Crippen LogP contribution in [0.15, 0.2) is 23.0 Å². The van der Waals surface area contributed by atoms with Crippen LogP contribution in [0.4, 0.5) is 0 Å². The van der Waals surface area contributed by atoms with Crippen molar-refractivity contribution in [1.82, 2.24) is 0 Å². The van der Waals surface area contributed by atoms with Gasteiger partial charge < -0.3 is 9.52 Å². The summed E-state index contributed by atoms with van der Waals surface area (Å²) in [7, 11) is 0. The normalized spacial score (nSPS) is 30.8. The van der Waals surface area contributed by atoms with Gasteiger partial charge in [0.2, 0.25) is 0 Å². The van der Waals surface area contributed by atoms with E-state index in [9.17, 15) is 10.4 Å². The van der Waals surface area contributed by atoms with Gasteiger partial charge in [-0.2, -0.15) is 5.26 Å². The zero-order valence-corrected chi connectivity index (χ0v) is 10.2. The summed E-state index contributed by atoms with van der Waals surface area (Å²) in [5.41, 5.74) is 0.103. The van der Waals surface area contributed by atoms with E-state index in [-0.39, 0.29) is 0 Å². The quantitative estimate of drug-likeness (QED) is 0.870. The molecule has 1 aliphatic rings. The molecule has 1 aromatic heterocycles. The Morgan fingerprint density at radius 3 is 3.12 bits per heavy atom. The zero-order valence-electron chi connectivity index (χ0n) is 10.2. The zero-order chi connectivity index (χ0) is 12.3. The van der Waals surface area contributed by atoms with E-state index in [2.05, 4.69) is 13.0 Å². The Morgan fingerprint density at radius 2 is 2.53 bits per heavy atom. The summed E-state index contributed by atoms with van der Waals surface area (Å²) in [4.78, 5) is 0. The molecule has 0 radical (unpaired) electrons. The first kappa shape index (κ1) is 12.2. The summed E-state index contributed by atoms with van der Waals surface area (Å²) in [5.74, 6) is 0.560. The summed E-state index contributed by atoms with van der Waals surface area (Å²) in [6.45, 7) is 2.16. The second-order valence-corrected chi connectivity index (χ2v) is 5.10.